The molecule has 0 unspecified atom stereocenters. The van der Waals surface area contributed by atoms with Gasteiger partial charge in [0, 0.05) is 23.3 Å². The summed E-state index contributed by atoms with van der Waals surface area (Å²) < 4.78 is 20.2. The average Bonchev–Trinajstić information content (AvgIpc) is 3.21. The Hall–Kier alpha value is -2.82. The predicted molar refractivity (Wildman–Crippen MR) is 125 cm³/mol. The third-order valence-corrected chi connectivity index (χ3v) is 5.75. The molecule has 2 N–H and O–H groups in total. The molecule has 1 amide bonds. The van der Waals surface area contributed by atoms with Gasteiger partial charge in [-0.2, -0.15) is 0 Å². The van der Waals surface area contributed by atoms with E-state index >= 15 is 0 Å². The summed E-state index contributed by atoms with van der Waals surface area (Å²) in [5.74, 6) is -0.155. The van der Waals surface area contributed by atoms with E-state index in [1.807, 2.05) is 52.0 Å². The minimum atomic E-state index is -0.259. The van der Waals surface area contributed by atoms with Crippen molar-refractivity contribution in [3.63, 3.8) is 0 Å². The number of hydrogen-bond donors (Lipinski definition) is 2. The third kappa shape index (κ3) is 5.66. The van der Waals surface area contributed by atoms with Gasteiger partial charge in [-0.3, -0.25) is 4.79 Å². The molecule has 0 aromatic heterocycles. The maximum atomic E-state index is 14.8. The van der Waals surface area contributed by atoms with E-state index in [4.69, 9.17) is 4.74 Å². The van der Waals surface area contributed by atoms with E-state index in [9.17, 15) is 9.18 Å². The molecule has 0 heterocycles. The number of nitrogens with one attached hydrogen (secondary N) is 2. The number of amides is 1. The molecule has 1 fully saturated rings. The summed E-state index contributed by atoms with van der Waals surface area (Å²) in [6.07, 6.45) is 6.12. The second kappa shape index (κ2) is 9.99. The van der Waals surface area contributed by atoms with Gasteiger partial charge in [0.1, 0.15) is 5.82 Å². The number of carbonyl (C=O) groups excluding carboxylic acids is 1. The van der Waals surface area contributed by atoms with Crippen molar-refractivity contribution in [2.75, 3.05) is 12.4 Å². The monoisotopic (exact) mass is 424 g/mol. The number of carbonyl (C=O) groups is 1. The first-order valence-corrected chi connectivity index (χ1v) is 11.0. The lowest BCUT2D eigenvalue weighted by atomic mass is 9.94. The second-order valence-electron chi connectivity index (χ2n) is 8.68. The molecule has 2 aromatic carbocycles. The van der Waals surface area contributed by atoms with E-state index in [2.05, 4.69) is 10.6 Å². The summed E-state index contributed by atoms with van der Waals surface area (Å²) in [6.45, 7) is 7.96. The molecule has 0 bridgehead atoms. The van der Waals surface area contributed by atoms with Gasteiger partial charge in [-0.15, -0.1) is 0 Å². The lowest BCUT2D eigenvalue weighted by molar-refractivity contribution is -0.120. The summed E-state index contributed by atoms with van der Waals surface area (Å²) in [5, 5.41) is 6.28. The van der Waals surface area contributed by atoms with Crippen LogP contribution in [0.25, 0.3) is 17.2 Å². The van der Waals surface area contributed by atoms with Crippen LogP contribution in [0.15, 0.2) is 36.1 Å². The second-order valence-corrected chi connectivity index (χ2v) is 8.68. The lowest BCUT2D eigenvalue weighted by Crippen LogP contribution is -2.34. The molecule has 0 saturated heterocycles. The summed E-state index contributed by atoms with van der Waals surface area (Å²) in [6, 6.07) is 9.66. The van der Waals surface area contributed by atoms with E-state index < -0.39 is 0 Å². The molecule has 0 atom stereocenters. The minimum absolute atomic E-state index is 0.185. The molecule has 3 rings (SSSR count). The summed E-state index contributed by atoms with van der Waals surface area (Å²) in [5.41, 5.74) is 4.95. The fraction of sp³-hybridized carbons (Fsp3) is 0.423. The third-order valence-electron chi connectivity index (χ3n) is 5.75. The van der Waals surface area contributed by atoms with Crippen LogP contribution in [0.1, 0.15) is 56.2 Å². The number of hydrogen-bond acceptors (Lipinski definition) is 3. The van der Waals surface area contributed by atoms with Gasteiger partial charge in [-0.25, -0.2) is 4.39 Å². The van der Waals surface area contributed by atoms with Crippen molar-refractivity contribution in [1.29, 1.82) is 0 Å². The van der Waals surface area contributed by atoms with Crippen molar-refractivity contribution in [3.8, 4) is 11.1 Å². The van der Waals surface area contributed by atoms with E-state index in [1.165, 1.54) is 13.2 Å². The Morgan fingerprint density at radius 3 is 2.42 bits per heavy atom. The van der Waals surface area contributed by atoms with E-state index in [1.54, 1.807) is 6.08 Å². The van der Waals surface area contributed by atoms with E-state index in [0.29, 0.717) is 5.56 Å². The number of aryl methyl sites for hydroxylation is 2. The van der Waals surface area contributed by atoms with Crippen LogP contribution >= 0.6 is 0 Å². The molecule has 2 aromatic rings. The van der Waals surface area contributed by atoms with Gasteiger partial charge in [0.05, 0.1) is 7.11 Å². The van der Waals surface area contributed by atoms with Crippen molar-refractivity contribution in [2.24, 2.45) is 0 Å². The van der Waals surface area contributed by atoms with Gasteiger partial charge >= 0.3 is 0 Å². The Morgan fingerprint density at radius 1 is 1.10 bits per heavy atom. The first-order chi connectivity index (χ1) is 14.8. The van der Waals surface area contributed by atoms with Gasteiger partial charge in [0.25, 0.3) is 5.91 Å². The van der Waals surface area contributed by atoms with Crippen molar-refractivity contribution in [2.45, 2.75) is 65.5 Å². The molecule has 1 aliphatic rings. The molecule has 0 radical (unpaired) electrons. The Morgan fingerprint density at radius 2 is 1.81 bits per heavy atom. The van der Waals surface area contributed by atoms with Crippen LogP contribution in [0.4, 0.5) is 10.1 Å². The highest BCUT2D eigenvalue weighted by Gasteiger charge is 2.20. The summed E-state index contributed by atoms with van der Waals surface area (Å²) in [7, 11) is 1.51. The van der Waals surface area contributed by atoms with Crippen molar-refractivity contribution in [3.05, 3.63) is 58.6 Å². The highest BCUT2D eigenvalue weighted by atomic mass is 19.1. The maximum absolute atomic E-state index is 14.8. The van der Waals surface area contributed by atoms with Gasteiger partial charge in [0.15, 0.2) is 5.76 Å². The molecule has 31 heavy (non-hydrogen) atoms. The Balaban J connectivity index is 1.87. The number of benzene rings is 2. The predicted octanol–water partition coefficient (Wildman–Crippen LogP) is 5.98. The molecule has 0 aliphatic heterocycles. The zero-order valence-corrected chi connectivity index (χ0v) is 19.1. The molecular formula is C26H33FN2O2. The van der Waals surface area contributed by atoms with Crippen LogP contribution in [0.2, 0.25) is 0 Å². The highest BCUT2D eigenvalue weighted by molar-refractivity contribution is 5.96. The number of anilines is 1. The molecule has 0 spiro atoms. The quantitative estimate of drug-likeness (QED) is 0.425. The van der Waals surface area contributed by atoms with Crippen molar-refractivity contribution >= 4 is 17.7 Å². The lowest BCUT2D eigenvalue weighted by Gasteiger charge is -2.15. The zero-order valence-electron chi connectivity index (χ0n) is 19.1. The number of methoxy groups -OCH3 is 1. The molecule has 5 heteroatoms. The fourth-order valence-corrected chi connectivity index (χ4v) is 4.13. The average molecular weight is 425 g/mol. The maximum Gasteiger partial charge on any atom is 0.286 e. The topological polar surface area (TPSA) is 50.4 Å². The molecule has 166 valence electrons. The summed E-state index contributed by atoms with van der Waals surface area (Å²) in [4.78, 5) is 12.6. The smallest absolute Gasteiger partial charge is 0.286 e. The van der Waals surface area contributed by atoms with Gasteiger partial charge in [-0.1, -0.05) is 25.0 Å². The molecule has 4 nitrogen and oxygen atoms in total. The minimum Gasteiger partial charge on any atom is -0.491 e. The number of ether oxygens (including phenoxy) is 1. The number of halogens is 1. The normalized spacial score (nSPS) is 14.7. The van der Waals surface area contributed by atoms with Crippen LogP contribution in [-0.4, -0.2) is 25.1 Å². The highest BCUT2D eigenvalue weighted by Crippen LogP contribution is 2.31. The van der Waals surface area contributed by atoms with Gasteiger partial charge in [0.2, 0.25) is 0 Å². The van der Waals surface area contributed by atoms with Crippen LogP contribution in [0.3, 0.4) is 0 Å². The van der Waals surface area contributed by atoms with Crippen LogP contribution in [0.5, 0.6) is 0 Å². The molecule has 1 saturated carbocycles. The van der Waals surface area contributed by atoms with Crippen molar-refractivity contribution < 1.29 is 13.9 Å². The summed E-state index contributed by atoms with van der Waals surface area (Å²) >= 11 is 0. The van der Waals surface area contributed by atoms with Gasteiger partial charge < -0.3 is 15.4 Å². The Bertz CT molecular complexity index is 976. The molecule has 1 aliphatic carbocycles. The van der Waals surface area contributed by atoms with Crippen LogP contribution < -0.4 is 10.6 Å². The SMILES string of the molecule is CO/C(=C\c1cc(C)c(-c2ccc(NC(C)C)cc2F)cc1C)C(=O)NC1CCCC1. The first kappa shape index (κ1) is 22.9. The van der Waals surface area contributed by atoms with Crippen molar-refractivity contribution in [1.82, 2.24) is 5.32 Å². The fourth-order valence-electron chi connectivity index (χ4n) is 4.13. The first-order valence-electron chi connectivity index (χ1n) is 11.0. The largest absolute Gasteiger partial charge is 0.491 e. The Labute approximate surface area is 184 Å². The van der Waals surface area contributed by atoms with Gasteiger partial charge in [-0.05, 0) is 87.1 Å². The van der Waals surface area contributed by atoms with Crippen LogP contribution in [-0.2, 0) is 9.53 Å². The van der Waals surface area contributed by atoms with Crippen LogP contribution in [0, 0.1) is 19.7 Å². The standard InChI is InChI=1S/C26H33FN2O2/c1-16(2)28-21-10-11-22(24(27)15-21)23-13-17(3)19(12-18(23)4)14-25(31-5)26(30)29-20-8-6-7-9-20/h10-16,20,28H,6-9H2,1-5H3,(H,29,30)/b25-14-. The zero-order chi connectivity index (χ0) is 22.5. The Kier molecular flexibility index (Phi) is 7.37. The van der Waals surface area contributed by atoms with E-state index in [-0.39, 0.29) is 29.6 Å². The number of rotatable bonds is 7. The molecular weight excluding hydrogens is 391 g/mol. The van der Waals surface area contributed by atoms with E-state index in [0.717, 1.165) is 53.6 Å².